The van der Waals surface area contributed by atoms with E-state index in [1.165, 1.54) is 0 Å². The molecule has 2 atom stereocenters. The van der Waals surface area contributed by atoms with Crippen LogP contribution in [0.25, 0.3) is 0 Å². The Bertz CT molecular complexity index is 915. The molecule has 182 valence electrons. The molecule has 1 heterocycles. The second-order valence-electron chi connectivity index (χ2n) is 10.3. The van der Waals surface area contributed by atoms with E-state index in [4.69, 9.17) is 15.2 Å². The number of likely N-dealkylation sites (tertiary alicyclic amines) is 1. The molecular weight excluding hydrogens is 426 g/mol. The summed E-state index contributed by atoms with van der Waals surface area (Å²) in [4.78, 5) is 40.2. The monoisotopic (exact) mass is 462 g/mol. The molecule has 4 N–H and O–H groups in total. The van der Waals surface area contributed by atoms with Gasteiger partial charge in [-0.15, -0.1) is 4.99 Å². The summed E-state index contributed by atoms with van der Waals surface area (Å²) < 4.78 is 10.9. The number of likely N-dealkylation sites (N-methyl/N-ethyl adjacent to an activating group) is 1. The molecule has 0 bridgehead atoms. The number of anilines is 1. The van der Waals surface area contributed by atoms with Crippen molar-refractivity contribution in [1.82, 2.24) is 9.80 Å². The van der Waals surface area contributed by atoms with Gasteiger partial charge in [0, 0.05) is 30.7 Å². The molecular formula is C23H36N5O5+. The van der Waals surface area contributed by atoms with Gasteiger partial charge in [0.2, 0.25) is 5.96 Å². The van der Waals surface area contributed by atoms with Crippen molar-refractivity contribution in [3.63, 3.8) is 0 Å². The van der Waals surface area contributed by atoms with E-state index < -0.39 is 23.4 Å². The maximum absolute atomic E-state index is 12.2. The molecule has 1 aliphatic rings. The van der Waals surface area contributed by atoms with Crippen LogP contribution in [0.5, 0.6) is 0 Å². The molecule has 1 aromatic carbocycles. The van der Waals surface area contributed by atoms with Crippen LogP contribution >= 0.6 is 0 Å². The van der Waals surface area contributed by atoms with E-state index in [1.54, 1.807) is 53.7 Å². The van der Waals surface area contributed by atoms with E-state index in [9.17, 15) is 14.4 Å². The predicted molar refractivity (Wildman–Crippen MR) is 128 cm³/mol. The van der Waals surface area contributed by atoms with Gasteiger partial charge in [-0.1, -0.05) is 0 Å². The Morgan fingerprint density at radius 2 is 1.61 bits per heavy atom. The molecule has 1 unspecified atom stereocenters. The summed E-state index contributed by atoms with van der Waals surface area (Å²) in [5, 5.41) is 5.36. The third kappa shape index (κ3) is 7.74. The number of amides is 3. The van der Waals surface area contributed by atoms with E-state index >= 15 is 0 Å². The number of quaternary nitrogens is 1. The van der Waals surface area contributed by atoms with Gasteiger partial charge in [-0.25, -0.2) is 9.59 Å². The van der Waals surface area contributed by atoms with Crippen LogP contribution in [0.3, 0.4) is 0 Å². The highest BCUT2D eigenvalue weighted by molar-refractivity contribution is 6.06. The van der Waals surface area contributed by atoms with Gasteiger partial charge in [-0.05, 0) is 53.7 Å². The average Bonchev–Trinajstić information content (AvgIpc) is 3.02. The van der Waals surface area contributed by atoms with Crippen LogP contribution in [-0.4, -0.2) is 54.9 Å². The Balaban J connectivity index is 2.23. The second kappa shape index (κ2) is 9.78. The Labute approximate surface area is 195 Å². The van der Waals surface area contributed by atoms with Crippen molar-refractivity contribution in [3.05, 3.63) is 24.3 Å². The van der Waals surface area contributed by atoms with Crippen molar-refractivity contribution < 1.29 is 23.9 Å². The summed E-state index contributed by atoms with van der Waals surface area (Å²) in [6.07, 6.45) is 0.0278. The van der Waals surface area contributed by atoms with Gasteiger partial charge in [0.15, 0.2) is 6.04 Å². The molecule has 0 spiro atoms. The number of rotatable bonds is 3. The zero-order valence-electron chi connectivity index (χ0n) is 20.5. The van der Waals surface area contributed by atoms with Crippen molar-refractivity contribution >= 4 is 35.4 Å². The lowest BCUT2D eigenvalue weighted by Gasteiger charge is -2.34. The Morgan fingerprint density at radius 1 is 1.03 bits per heavy atom. The molecule has 10 nitrogen and oxygen atoms in total. The van der Waals surface area contributed by atoms with Crippen molar-refractivity contribution in [1.29, 1.82) is 0 Å². The summed E-state index contributed by atoms with van der Waals surface area (Å²) in [7, 11) is 1.99. The lowest BCUT2D eigenvalue weighted by Crippen LogP contribution is -2.55. The highest BCUT2D eigenvalue weighted by Gasteiger charge is 2.43. The highest BCUT2D eigenvalue weighted by atomic mass is 16.6. The number of nitrogens with two attached hydrogens (primary N) is 1. The minimum Gasteiger partial charge on any atom is -0.444 e. The molecule has 0 aromatic heterocycles. The first-order chi connectivity index (χ1) is 15.1. The molecule has 0 radical (unpaired) electrons. The maximum atomic E-state index is 12.2. The Hall–Kier alpha value is -3.14. The highest BCUT2D eigenvalue weighted by Crippen LogP contribution is 2.33. The number of ether oxygens (including phenoxy) is 2. The fourth-order valence-corrected chi connectivity index (χ4v) is 3.67. The van der Waals surface area contributed by atoms with Gasteiger partial charge < -0.3 is 20.5 Å². The lowest BCUT2D eigenvalue weighted by atomic mass is 10.1. The SMILES string of the molecule is CC(C)(C)OC(=O)/N=C(/NC(=O)OC(C)(C)C)Nc1ccc([N+]2(C)CCC[C@@H]2C(N)=O)cc1. The van der Waals surface area contributed by atoms with Gasteiger partial charge in [-0.3, -0.25) is 14.6 Å². The number of nitrogens with one attached hydrogen (secondary N) is 2. The fourth-order valence-electron chi connectivity index (χ4n) is 3.67. The van der Waals surface area contributed by atoms with Crippen LogP contribution in [0.15, 0.2) is 29.3 Å². The molecule has 1 aliphatic heterocycles. The summed E-state index contributed by atoms with van der Waals surface area (Å²) in [5.41, 5.74) is 5.64. The number of carbonyl (C=O) groups is 3. The molecule has 2 rings (SSSR count). The number of guanidine groups is 1. The minimum absolute atomic E-state index is 0.136. The van der Waals surface area contributed by atoms with Gasteiger partial charge in [0.1, 0.15) is 16.9 Å². The summed E-state index contributed by atoms with van der Waals surface area (Å²) in [5.74, 6) is -0.451. The Morgan fingerprint density at radius 3 is 2.12 bits per heavy atom. The zero-order valence-corrected chi connectivity index (χ0v) is 20.5. The van der Waals surface area contributed by atoms with Gasteiger partial charge in [0.05, 0.1) is 13.6 Å². The third-order valence-corrected chi connectivity index (χ3v) is 5.05. The first-order valence-electron chi connectivity index (χ1n) is 10.9. The van der Waals surface area contributed by atoms with E-state index in [1.807, 2.05) is 19.2 Å². The van der Waals surface area contributed by atoms with Crippen LogP contribution in [0.2, 0.25) is 0 Å². The number of primary amides is 1. The van der Waals surface area contributed by atoms with Crippen LogP contribution in [0.1, 0.15) is 54.4 Å². The third-order valence-electron chi connectivity index (χ3n) is 5.05. The number of nitrogens with zero attached hydrogens (tertiary/aromatic N) is 2. The number of aliphatic imine (C=N–C) groups is 1. The second-order valence-corrected chi connectivity index (χ2v) is 10.3. The normalized spacial score (nSPS) is 21.3. The molecule has 0 aliphatic carbocycles. The molecule has 1 aromatic rings. The number of hydrogen-bond acceptors (Lipinski definition) is 5. The van der Waals surface area contributed by atoms with Crippen molar-refractivity contribution in [3.8, 4) is 0 Å². The smallest absolute Gasteiger partial charge is 0.437 e. The number of alkyl carbamates (subject to hydrolysis) is 1. The van der Waals surface area contributed by atoms with Gasteiger partial charge in [-0.2, -0.15) is 0 Å². The van der Waals surface area contributed by atoms with Crippen molar-refractivity contribution in [2.45, 2.75) is 71.6 Å². The zero-order chi connectivity index (χ0) is 25.0. The van der Waals surface area contributed by atoms with Gasteiger partial charge in [0.25, 0.3) is 5.91 Å². The minimum atomic E-state index is -0.864. The standard InChI is InChI=1S/C23H35N5O5/c1-22(2,3)32-20(30)26-19(27-21(31)33-23(4,5)6)25-15-10-12-16(13-11-15)28(7)14-8-9-17(28)18(24)29/h10-13,17H,8-9,14H2,1-7H3,(H3-,24,25,26,27,29,30,31)/p+1/t17-,28?/m1/s1. The number of hydrogen-bond donors (Lipinski definition) is 3. The summed E-state index contributed by atoms with van der Waals surface area (Å²) >= 11 is 0. The van der Waals surface area contributed by atoms with E-state index in [0.29, 0.717) is 10.2 Å². The molecule has 10 heteroatoms. The fraction of sp³-hybridized carbons (Fsp3) is 0.565. The quantitative estimate of drug-likeness (QED) is 0.358. The van der Waals surface area contributed by atoms with Crippen LogP contribution in [0.4, 0.5) is 21.0 Å². The molecule has 0 saturated carbocycles. The summed E-state index contributed by atoms with van der Waals surface area (Å²) in [6, 6.07) is 7.03. The van der Waals surface area contributed by atoms with E-state index in [0.717, 1.165) is 25.1 Å². The van der Waals surface area contributed by atoms with Gasteiger partial charge >= 0.3 is 12.2 Å². The topological polar surface area (TPSA) is 132 Å². The first-order valence-corrected chi connectivity index (χ1v) is 10.9. The van der Waals surface area contributed by atoms with Crippen LogP contribution < -0.4 is 20.9 Å². The first kappa shape index (κ1) is 26.1. The average molecular weight is 463 g/mol. The summed E-state index contributed by atoms with van der Waals surface area (Å²) in [6.45, 7) is 11.1. The van der Waals surface area contributed by atoms with Crippen LogP contribution in [0, 0.1) is 0 Å². The van der Waals surface area contributed by atoms with Crippen LogP contribution in [-0.2, 0) is 14.3 Å². The predicted octanol–water partition coefficient (Wildman–Crippen LogP) is 3.50. The largest absolute Gasteiger partial charge is 0.444 e. The number of benzene rings is 1. The lowest BCUT2D eigenvalue weighted by molar-refractivity contribution is -0.121. The van der Waals surface area contributed by atoms with Crippen molar-refractivity contribution in [2.75, 3.05) is 18.9 Å². The molecule has 1 fully saturated rings. The van der Waals surface area contributed by atoms with E-state index in [2.05, 4.69) is 15.6 Å². The molecule has 3 amide bonds. The number of carbonyl (C=O) groups excluding carboxylic acids is 3. The van der Waals surface area contributed by atoms with Crippen molar-refractivity contribution in [2.24, 2.45) is 10.7 Å². The maximum Gasteiger partial charge on any atom is 0.437 e. The molecule has 1 saturated heterocycles. The molecule has 33 heavy (non-hydrogen) atoms. The van der Waals surface area contributed by atoms with E-state index in [-0.39, 0.29) is 17.9 Å². The Kier molecular flexibility index (Phi) is 7.74.